The Balaban J connectivity index is 2.01. The average molecular weight is 317 g/mol. The first kappa shape index (κ1) is 14.8. The smallest absolute Gasteiger partial charge is 0.338 e. The SMILES string of the molecule is NC(CS(=O)(=O)c1ccc(Cl)cc1)=NOC(=O)C1CC1. The van der Waals surface area contributed by atoms with E-state index >= 15 is 0 Å². The lowest BCUT2D eigenvalue weighted by Gasteiger charge is -2.04. The topological polar surface area (TPSA) is 98.8 Å². The van der Waals surface area contributed by atoms with E-state index in [1.165, 1.54) is 24.3 Å². The van der Waals surface area contributed by atoms with Crippen LogP contribution in [0.25, 0.3) is 0 Å². The summed E-state index contributed by atoms with van der Waals surface area (Å²) in [4.78, 5) is 15.9. The molecular weight excluding hydrogens is 304 g/mol. The summed E-state index contributed by atoms with van der Waals surface area (Å²) in [5.41, 5.74) is 5.46. The third-order valence-corrected chi connectivity index (χ3v) is 4.59. The van der Waals surface area contributed by atoms with Crippen LogP contribution in [0.4, 0.5) is 0 Å². The number of rotatable bonds is 5. The normalized spacial score (nSPS) is 15.9. The maximum atomic E-state index is 12.0. The molecule has 0 amide bonds. The summed E-state index contributed by atoms with van der Waals surface area (Å²) in [6.07, 6.45) is 1.55. The van der Waals surface area contributed by atoms with Gasteiger partial charge < -0.3 is 10.6 Å². The van der Waals surface area contributed by atoms with Crippen molar-refractivity contribution in [1.29, 1.82) is 0 Å². The lowest BCUT2D eigenvalue weighted by molar-refractivity contribution is -0.145. The fourth-order valence-corrected chi connectivity index (χ4v) is 2.73. The molecular formula is C12H13ClN2O4S. The van der Waals surface area contributed by atoms with Crippen molar-refractivity contribution in [3.05, 3.63) is 29.3 Å². The zero-order valence-electron chi connectivity index (χ0n) is 10.5. The Morgan fingerprint density at radius 3 is 2.50 bits per heavy atom. The van der Waals surface area contributed by atoms with Gasteiger partial charge in [-0.2, -0.15) is 0 Å². The van der Waals surface area contributed by atoms with E-state index in [4.69, 9.17) is 17.3 Å². The average Bonchev–Trinajstić information content (AvgIpc) is 3.20. The monoisotopic (exact) mass is 316 g/mol. The van der Waals surface area contributed by atoms with E-state index in [9.17, 15) is 13.2 Å². The van der Waals surface area contributed by atoms with E-state index in [-0.39, 0.29) is 16.6 Å². The van der Waals surface area contributed by atoms with E-state index < -0.39 is 21.6 Å². The molecule has 0 aromatic heterocycles. The van der Waals surface area contributed by atoms with Crippen molar-refractivity contribution in [1.82, 2.24) is 0 Å². The summed E-state index contributed by atoms with van der Waals surface area (Å²) in [6, 6.07) is 5.69. The molecule has 2 N–H and O–H groups in total. The van der Waals surface area contributed by atoms with Gasteiger partial charge in [-0.15, -0.1) is 0 Å². The van der Waals surface area contributed by atoms with Crippen LogP contribution in [-0.4, -0.2) is 26.0 Å². The number of nitrogens with zero attached hydrogens (tertiary/aromatic N) is 1. The molecule has 20 heavy (non-hydrogen) atoms. The Morgan fingerprint density at radius 2 is 1.95 bits per heavy atom. The molecule has 6 nitrogen and oxygen atoms in total. The highest BCUT2D eigenvalue weighted by atomic mass is 35.5. The third-order valence-electron chi connectivity index (χ3n) is 2.67. The first-order valence-electron chi connectivity index (χ1n) is 5.90. The molecule has 1 aliphatic rings. The largest absolute Gasteiger partial charge is 0.384 e. The summed E-state index contributed by atoms with van der Waals surface area (Å²) in [7, 11) is -3.63. The molecule has 0 unspecified atom stereocenters. The molecule has 0 heterocycles. The molecule has 0 spiro atoms. The van der Waals surface area contributed by atoms with Crippen molar-refractivity contribution in [3.63, 3.8) is 0 Å². The Bertz CT molecular complexity index is 636. The molecule has 8 heteroatoms. The van der Waals surface area contributed by atoms with Gasteiger partial charge in [0.25, 0.3) is 0 Å². The van der Waals surface area contributed by atoms with Crippen LogP contribution in [0.1, 0.15) is 12.8 Å². The number of amidine groups is 1. The summed E-state index contributed by atoms with van der Waals surface area (Å²) in [6.45, 7) is 0. The summed E-state index contributed by atoms with van der Waals surface area (Å²) in [5.74, 6) is -1.39. The van der Waals surface area contributed by atoms with Gasteiger partial charge in [0.1, 0.15) is 5.75 Å². The van der Waals surface area contributed by atoms with Gasteiger partial charge >= 0.3 is 5.97 Å². The first-order valence-corrected chi connectivity index (χ1v) is 7.93. The summed E-state index contributed by atoms with van der Waals surface area (Å²) >= 11 is 5.69. The number of carbonyl (C=O) groups excluding carboxylic acids is 1. The number of oxime groups is 1. The fourth-order valence-electron chi connectivity index (χ4n) is 1.44. The Labute approximate surface area is 121 Å². The number of sulfone groups is 1. The summed E-state index contributed by atoms with van der Waals surface area (Å²) in [5, 5.41) is 3.79. The van der Waals surface area contributed by atoms with Crippen molar-refractivity contribution < 1.29 is 18.0 Å². The third kappa shape index (κ3) is 3.94. The van der Waals surface area contributed by atoms with Gasteiger partial charge in [-0.3, -0.25) is 0 Å². The highest BCUT2D eigenvalue weighted by molar-refractivity contribution is 7.92. The maximum Gasteiger partial charge on any atom is 0.338 e. The van der Waals surface area contributed by atoms with Crippen molar-refractivity contribution in [3.8, 4) is 0 Å². The van der Waals surface area contributed by atoms with Crippen LogP contribution in [0.2, 0.25) is 5.02 Å². The van der Waals surface area contributed by atoms with Gasteiger partial charge in [-0.1, -0.05) is 16.8 Å². The van der Waals surface area contributed by atoms with Crippen molar-refractivity contribution in [2.75, 3.05) is 5.75 Å². The van der Waals surface area contributed by atoms with E-state index in [0.29, 0.717) is 5.02 Å². The zero-order chi connectivity index (χ0) is 14.8. The minimum atomic E-state index is -3.63. The molecule has 0 aliphatic heterocycles. The van der Waals surface area contributed by atoms with Crippen LogP contribution in [0.5, 0.6) is 0 Å². The van der Waals surface area contributed by atoms with Crippen molar-refractivity contribution in [2.45, 2.75) is 17.7 Å². The second-order valence-electron chi connectivity index (χ2n) is 4.48. The predicted octanol–water partition coefficient (Wildman–Crippen LogP) is 1.34. The van der Waals surface area contributed by atoms with Gasteiger partial charge in [0, 0.05) is 5.02 Å². The molecule has 1 aliphatic carbocycles. The van der Waals surface area contributed by atoms with Gasteiger partial charge in [0.05, 0.1) is 10.8 Å². The number of hydrogen-bond acceptors (Lipinski definition) is 5. The lowest BCUT2D eigenvalue weighted by Crippen LogP contribution is -2.24. The van der Waals surface area contributed by atoms with Crippen LogP contribution in [-0.2, 0) is 19.5 Å². The van der Waals surface area contributed by atoms with Gasteiger partial charge in [0.15, 0.2) is 15.7 Å². The summed E-state index contributed by atoms with van der Waals surface area (Å²) < 4.78 is 24.0. The molecule has 1 saturated carbocycles. The van der Waals surface area contributed by atoms with Gasteiger partial charge in [0.2, 0.25) is 0 Å². The number of nitrogens with two attached hydrogens (primary N) is 1. The quantitative estimate of drug-likeness (QED) is 0.382. The van der Waals surface area contributed by atoms with E-state index in [0.717, 1.165) is 12.8 Å². The Hall–Kier alpha value is -1.60. The molecule has 0 atom stereocenters. The van der Waals surface area contributed by atoms with E-state index in [1.807, 2.05) is 0 Å². The molecule has 2 rings (SSSR count). The fraction of sp³-hybridized carbons (Fsp3) is 0.333. The predicted molar refractivity (Wildman–Crippen MR) is 73.9 cm³/mol. The number of carbonyl (C=O) groups is 1. The van der Waals surface area contributed by atoms with Crippen molar-refractivity contribution >= 4 is 33.2 Å². The number of hydrogen-bond donors (Lipinski definition) is 1. The molecule has 1 fully saturated rings. The van der Waals surface area contributed by atoms with Crippen LogP contribution < -0.4 is 5.73 Å². The Kier molecular flexibility index (Phi) is 4.29. The lowest BCUT2D eigenvalue weighted by atomic mass is 10.4. The van der Waals surface area contributed by atoms with E-state index in [2.05, 4.69) is 9.99 Å². The molecule has 1 aromatic carbocycles. The van der Waals surface area contributed by atoms with Crippen LogP contribution >= 0.6 is 11.6 Å². The molecule has 1 aromatic rings. The standard InChI is InChI=1S/C12H13ClN2O4S/c13-9-3-5-10(6-4-9)20(17,18)7-11(14)15-19-12(16)8-1-2-8/h3-6,8H,1-2,7H2,(H2,14,15). The highest BCUT2D eigenvalue weighted by Crippen LogP contribution is 2.30. The Morgan fingerprint density at radius 1 is 1.35 bits per heavy atom. The second kappa shape index (κ2) is 5.80. The van der Waals surface area contributed by atoms with Gasteiger partial charge in [-0.25, -0.2) is 13.2 Å². The van der Waals surface area contributed by atoms with Crippen LogP contribution in [0.15, 0.2) is 34.3 Å². The molecule has 0 radical (unpaired) electrons. The van der Waals surface area contributed by atoms with Crippen LogP contribution in [0.3, 0.4) is 0 Å². The number of benzene rings is 1. The van der Waals surface area contributed by atoms with Crippen LogP contribution in [0, 0.1) is 5.92 Å². The molecule has 0 saturated heterocycles. The molecule has 108 valence electrons. The minimum absolute atomic E-state index is 0.0774. The maximum absolute atomic E-state index is 12.0. The highest BCUT2D eigenvalue weighted by Gasteiger charge is 2.32. The van der Waals surface area contributed by atoms with Gasteiger partial charge in [-0.05, 0) is 37.1 Å². The van der Waals surface area contributed by atoms with E-state index in [1.54, 1.807) is 0 Å². The molecule has 0 bridgehead atoms. The second-order valence-corrected chi connectivity index (χ2v) is 6.91. The van der Waals surface area contributed by atoms with Crippen molar-refractivity contribution in [2.24, 2.45) is 16.8 Å². The number of halogens is 1. The first-order chi connectivity index (χ1) is 9.38. The zero-order valence-corrected chi connectivity index (χ0v) is 12.0. The minimum Gasteiger partial charge on any atom is -0.384 e.